The van der Waals surface area contributed by atoms with Crippen LogP contribution in [-0.4, -0.2) is 43.4 Å². The Bertz CT molecular complexity index is 1720. The number of benzene rings is 2. The minimum absolute atomic E-state index is 0.0537. The minimum atomic E-state index is -4.65. The zero-order valence-corrected chi connectivity index (χ0v) is 24.1. The first-order valence-electron chi connectivity index (χ1n) is 13.3. The van der Waals surface area contributed by atoms with E-state index in [1.165, 1.54) is 55.5 Å². The number of rotatable bonds is 8. The number of carbonyl (C=O) groups excluding carboxylic acids is 5. The molecular formula is C31H26F3N3O8. The molecule has 1 aromatic heterocycles. The molecule has 234 valence electrons. The second-order valence-corrected chi connectivity index (χ2v) is 9.44. The fourth-order valence-corrected chi connectivity index (χ4v) is 4.36. The molecule has 4 rings (SSSR count). The molecule has 14 heteroatoms. The predicted octanol–water partition coefficient (Wildman–Crippen LogP) is 4.61. The Morgan fingerprint density at radius 1 is 0.978 bits per heavy atom. The number of alkyl halides is 3. The summed E-state index contributed by atoms with van der Waals surface area (Å²) in [7, 11) is 1.10. The second kappa shape index (κ2) is 13.3. The first-order chi connectivity index (χ1) is 21.3. The highest BCUT2D eigenvalue weighted by atomic mass is 19.4. The largest absolute Gasteiger partial charge is 0.465 e. The summed E-state index contributed by atoms with van der Waals surface area (Å²) in [5.74, 6) is -3.92. The molecule has 3 aromatic rings. The lowest BCUT2D eigenvalue weighted by atomic mass is 10.1. The van der Waals surface area contributed by atoms with Crippen molar-refractivity contribution in [3.05, 3.63) is 100 Å². The minimum Gasteiger partial charge on any atom is -0.465 e. The number of halogens is 3. The molecule has 2 aromatic carbocycles. The van der Waals surface area contributed by atoms with E-state index in [0.29, 0.717) is 0 Å². The maximum atomic E-state index is 13.4. The number of hydrogen-bond donors (Lipinski definition) is 2. The molecule has 0 unspecified atom stereocenters. The number of methoxy groups -OCH3 is 1. The van der Waals surface area contributed by atoms with Gasteiger partial charge in [0.25, 0.3) is 5.91 Å². The molecule has 2 N–H and O–H groups in total. The van der Waals surface area contributed by atoms with Gasteiger partial charge in [0.1, 0.15) is 11.5 Å². The molecule has 11 nitrogen and oxygen atoms in total. The molecule has 3 amide bonds. The Kier molecular flexibility index (Phi) is 9.55. The average Bonchev–Trinajstić information content (AvgIpc) is 3.56. The van der Waals surface area contributed by atoms with Gasteiger partial charge in [0.2, 0.25) is 0 Å². The normalized spacial score (nSPS) is 14.0. The summed E-state index contributed by atoms with van der Waals surface area (Å²) in [6, 6.07) is 12.7. The number of furan rings is 1. The molecular weight excluding hydrogens is 599 g/mol. The molecule has 0 atom stereocenters. The number of esters is 2. The van der Waals surface area contributed by atoms with Gasteiger partial charge in [0.15, 0.2) is 0 Å². The van der Waals surface area contributed by atoms with Crippen molar-refractivity contribution in [1.29, 1.82) is 0 Å². The standard InChI is InChI=1S/C31H26F3N3O8/c1-4-44-29(41)18-8-10-20(11-9-18)36-27(39)26(38)35-16-23-13-12-22(45-23)15-24-25(30(42)43-3)17(2)37(28(24)40)21-7-5-6-19(14-21)31(32,33)34/h5-15H,4,16H2,1-3H3,(H,35,38)(H,36,39)/b24-15+. The topological polar surface area (TPSA) is 144 Å². The van der Waals surface area contributed by atoms with Crippen LogP contribution in [0.25, 0.3) is 6.08 Å². The Labute approximate surface area is 254 Å². The van der Waals surface area contributed by atoms with Crippen LogP contribution in [0.3, 0.4) is 0 Å². The highest BCUT2D eigenvalue weighted by molar-refractivity contribution is 6.39. The third-order valence-corrected chi connectivity index (χ3v) is 6.47. The zero-order valence-electron chi connectivity index (χ0n) is 24.1. The Morgan fingerprint density at radius 2 is 1.69 bits per heavy atom. The van der Waals surface area contributed by atoms with Crippen molar-refractivity contribution in [2.45, 2.75) is 26.6 Å². The van der Waals surface area contributed by atoms with E-state index in [1.54, 1.807) is 6.92 Å². The van der Waals surface area contributed by atoms with Crippen molar-refractivity contribution in [2.75, 3.05) is 23.9 Å². The Hall–Kier alpha value is -5.66. The van der Waals surface area contributed by atoms with Gasteiger partial charge >= 0.3 is 29.9 Å². The van der Waals surface area contributed by atoms with E-state index < -0.39 is 41.4 Å². The number of allylic oxidation sites excluding steroid dienone is 1. The number of carbonyl (C=O) groups is 5. The number of hydrogen-bond acceptors (Lipinski definition) is 8. The van der Waals surface area contributed by atoms with Crippen molar-refractivity contribution in [3.8, 4) is 0 Å². The maximum absolute atomic E-state index is 13.4. The lowest BCUT2D eigenvalue weighted by Gasteiger charge is -2.19. The fraction of sp³-hybridized carbons (Fsp3) is 0.194. The number of nitrogens with one attached hydrogen (secondary N) is 2. The van der Waals surface area contributed by atoms with Gasteiger partial charge in [-0.15, -0.1) is 0 Å². The van der Waals surface area contributed by atoms with Crippen molar-refractivity contribution >= 4 is 47.1 Å². The maximum Gasteiger partial charge on any atom is 0.416 e. The van der Waals surface area contributed by atoms with Gasteiger partial charge in [-0.25, -0.2) is 9.59 Å². The Morgan fingerprint density at radius 3 is 2.33 bits per heavy atom. The number of ether oxygens (including phenoxy) is 2. The molecule has 0 aliphatic carbocycles. The van der Waals surface area contributed by atoms with E-state index >= 15 is 0 Å². The van der Waals surface area contributed by atoms with E-state index in [0.717, 1.165) is 30.2 Å². The highest BCUT2D eigenvalue weighted by Gasteiger charge is 2.39. The Balaban J connectivity index is 1.46. The lowest BCUT2D eigenvalue weighted by molar-refractivity contribution is -0.137. The van der Waals surface area contributed by atoms with Gasteiger partial charge in [-0.3, -0.25) is 19.3 Å². The van der Waals surface area contributed by atoms with Crippen molar-refractivity contribution in [1.82, 2.24) is 5.32 Å². The summed E-state index contributed by atoms with van der Waals surface area (Å²) in [5.41, 5.74) is -0.842. The van der Waals surface area contributed by atoms with Gasteiger partial charge in [-0.2, -0.15) is 13.2 Å². The first-order valence-corrected chi connectivity index (χ1v) is 13.3. The van der Waals surface area contributed by atoms with Crippen LogP contribution in [0, 0.1) is 0 Å². The van der Waals surface area contributed by atoms with Crippen LogP contribution in [0.2, 0.25) is 0 Å². The van der Waals surface area contributed by atoms with Crippen molar-refractivity contribution < 1.29 is 51.0 Å². The lowest BCUT2D eigenvalue weighted by Crippen LogP contribution is -2.34. The van der Waals surface area contributed by atoms with Crippen LogP contribution in [0.4, 0.5) is 24.5 Å². The predicted molar refractivity (Wildman–Crippen MR) is 153 cm³/mol. The van der Waals surface area contributed by atoms with E-state index in [2.05, 4.69) is 10.6 Å². The molecule has 0 spiro atoms. The highest BCUT2D eigenvalue weighted by Crippen LogP contribution is 2.38. The molecule has 0 saturated carbocycles. The fourth-order valence-electron chi connectivity index (χ4n) is 4.36. The van der Waals surface area contributed by atoms with E-state index in [4.69, 9.17) is 13.9 Å². The number of nitrogens with zero attached hydrogens (tertiary/aromatic N) is 1. The van der Waals surface area contributed by atoms with Gasteiger partial charge in [0, 0.05) is 17.1 Å². The number of amides is 3. The number of anilines is 2. The van der Waals surface area contributed by atoms with E-state index in [1.807, 2.05) is 0 Å². The van der Waals surface area contributed by atoms with Gasteiger partial charge in [0.05, 0.1) is 42.5 Å². The molecule has 1 aliphatic rings. The molecule has 2 heterocycles. The smallest absolute Gasteiger partial charge is 0.416 e. The van der Waals surface area contributed by atoms with Crippen LogP contribution >= 0.6 is 0 Å². The summed E-state index contributed by atoms with van der Waals surface area (Å²) in [5, 5.41) is 4.77. The zero-order chi connectivity index (χ0) is 32.9. The van der Waals surface area contributed by atoms with Crippen LogP contribution in [0.5, 0.6) is 0 Å². The van der Waals surface area contributed by atoms with Crippen LogP contribution in [0.15, 0.2) is 81.9 Å². The molecule has 1 aliphatic heterocycles. The molecule has 0 fully saturated rings. The van der Waals surface area contributed by atoms with Crippen molar-refractivity contribution in [3.63, 3.8) is 0 Å². The van der Waals surface area contributed by atoms with E-state index in [-0.39, 0.29) is 58.5 Å². The summed E-state index contributed by atoms with van der Waals surface area (Å²) in [6.45, 7) is 3.05. The summed E-state index contributed by atoms with van der Waals surface area (Å²) >= 11 is 0. The third-order valence-electron chi connectivity index (χ3n) is 6.47. The average molecular weight is 626 g/mol. The first kappa shape index (κ1) is 32.3. The van der Waals surface area contributed by atoms with Gasteiger partial charge in [-0.05, 0) is 74.5 Å². The summed E-state index contributed by atoms with van der Waals surface area (Å²) in [4.78, 5) is 63.4. The van der Waals surface area contributed by atoms with Gasteiger partial charge in [-0.1, -0.05) is 6.07 Å². The second-order valence-electron chi connectivity index (χ2n) is 9.44. The quantitative estimate of drug-likeness (QED) is 0.210. The van der Waals surface area contributed by atoms with Gasteiger partial charge < -0.3 is 24.5 Å². The molecule has 0 saturated heterocycles. The van der Waals surface area contributed by atoms with Crippen LogP contribution in [0.1, 0.15) is 41.3 Å². The summed E-state index contributed by atoms with van der Waals surface area (Å²) < 4.78 is 55.3. The van der Waals surface area contributed by atoms with Crippen LogP contribution < -0.4 is 15.5 Å². The molecule has 0 radical (unpaired) electrons. The monoisotopic (exact) mass is 625 g/mol. The van der Waals surface area contributed by atoms with E-state index in [9.17, 15) is 37.1 Å². The van der Waals surface area contributed by atoms with Crippen LogP contribution in [-0.2, 0) is 41.4 Å². The molecule has 0 bridgehead atoms. The third kappa shape index (κ3) is 7.29. The SMILES string of the molecule is CCOC(=O)c1ccc(NC(=O)C(=O)NCc2ccc(/C=C3/C(=O)N(c4cccc(C(F)(F)F)c4)C(C)=C3C(=O)OC)o2)cc1. The van der Waals surface area contributed by atoms with Crippen molar-refractivity contribution in [2.24, 2.45) is 0 Å². The summed E-state index contributed by atoms with van der Waals surface area (Å²) in [6.07, 6.45) is -3.43. The molecule has 45 heavy (non-hydrogen) atoms.